The van der Waals surface area contributed by atoms with Crippen LogP contribution in [0.1, 0.15) is 11.7 Å². The van der Waals surface area contributed by atoms with Gasteiger partial charge in [0.15, 0.2) is 6.10 Å². The maximum atomic E-state index is 12.9. The van der Waals surface area contributed by atoms with Crippen LogP contribution in [0, 0.1) is 11.6 Å². The molecule has 78 valence electrons. The molecule has 0 heterocycles. The second-order valence-corrected chi connectivity index (χ2v) is 3.67. The third-order valence-corrected chi connectivity index (χ3v) is 2.00. The number of aliphatic hydroxyl groups excluding tert-OH is 1. The smallest absolute Gasteiger partial charge is 0.330 e. The highest BCUT2D eigenvalue weighted by molar-refractivity contribution is 9.10. The summed E-state index contributed by atoms with van der Waals surface area (Å²) in [6.45, 7) is 0. The first-order chi connectivity index (χ1) is 6.32. The van der Waals surface area contributed by atoms with E-state index < -0.39 is 28.1 Å². The molecule has 6 heteroatoms. The number of rotatable bonds is 2. The van der Waals surface area contributed by atoms with E-state index in [4.69, 9.17) is 5.11 Å². The third-order valence-electron chi connectivity index (χ3n) is 1.56. The van der Waals surface area contributed by atoms with E-state index in [0.29, 0.717) is 12.1 Å². The van der Waals surface area contributed by atoms with Crippen LogP contribution in [0.5, 0.6) is 0 Å². The Bertz CT molecular complexity index is 337. The lowest BCUT2D eigenvalue weighted by Gasteiger charge is -2.17. The fourth-order valence-electron chi connectivity index (χ4n) is 0.900. The fourth-order valence-corrected chi connectivity index (χ4v) is 1.15. The summed E-state index contributed by atoms with van der Waals surface area (Å²) in [7, 11) is 0. The van der Waals surface area contributed by atoms with Gasteiger partial charge < -0.3 is 5.11 Å². The van der Waals surface area contributed by atoms with Gasteiger partial charge in [-0.1, -0.05) is 0 Å². The highest BCUT2D eigenvalue weighted by Gasteiger charge is 2.37. The van der Waals surface area contributed by atoms with Gasteiger partial charge in [0.05, 0.1) is 0 Å². The Morgan fingerprint density at radius 3 is 2.36 bits per heavy atom. The van der Waals surface area contributed by atoms with Crippen molar-refractivity contribution in [1.29, 1.82) is 0 Å². The van der Waals surface area contributed by atoms with E-state index in [0.717, 1.165) is 6.07 Å². The average molecular weight is 273 g/mol. The summed E-state index contributed by atoms with van der Waals surface area (Å²) in [6.07, 6.45) is -2.42. The van der Waals surface area contributed by atoms with E-state index in [1.807, 2.05) is 15.9 Å². The van der Waals surface area contributed by atoms with E-state index >= 15 is 0 Å². The van der Waals surface area contributed by atoms with Gasteiger partial charge in [0.25, 0.3) is 0 Å². The molecule has 1 nitrogen and oxygen atoms in total. The van der Waals surface area contributed by atoms with Gasteiger partial charge >= 0.3 is 4.83 Å². The lowest BCUT2D eigenvalue weighted by Crippen LogP contribution is -2.19. The van der Waals surface area contributed by atoms with Gasteiger partial charge in [-0.2, -0.15) is 8.78 Å². The standard InChI is InChI=1S/C8H5BrF4O/c9-8(12,13)7(14)5-3-4(10)1-2-6(5)11/h1-3,7,14H. The molecule has 1 atom stereocenters. The summed E-state index contributed by atoms with van der Waals surface area (Å²) < 4.78 is 50.4. The highest BCUT2D eigenvalue weighted by atomic mass is 79.9. The van der Waals surface area contributed by atoms with Crippen LogP contribution in [-0.2, 0) is 0 Å². The van der Waals surface area contributed by atoms with Crippen LogP contribution in [0.25, 0.3) is 0 Å². The summed E-state index contributed by atoms with van der Waals surface area (Å²) in [5, 5.41) is 8.96. The average Bonchev–Trinajstić information content (AvgIpc) is 2.06. The van der Waals surface area contributed by atoms with Gasteiger partial charge in [-0.15, -0.1) is 0 Å². The van der Waals surface area contributed by atoms with Gasteiger partial charge in [-0.25, -0.2) is 8.78 Å². The zero-order chi connectivity index (χ0) is 10.9. The van der Waals surface area contributed by atoms with E-state index in [2.05, 4.69) is 0 Å². The SMILES string of the molecule is OC(c1cc(F)ccc1F)C(F)(F)Br. The minimum absolute atomic E-state index is 0.523. The van der Waals surface area contributed by atoms with Gasteiger partial charge in [-0.05, 0) is 34.1 Å². The molecule has 14 heavy (non-hydrogen) atoms. The van der Waals surface area contributed by atoms with Crippen LogP contribution < -0.4 is 0 Å². The molecular formula is C8H5BrF4O. The number of hydrogen-bond acceptors (Lipinski definition) is 1. The van der Waals surface area contributed by atoms with Gasteiger partial charge in [0.1, 0.15) is 11.6 Å². The second-order valence-electron chi connectivity index (χ2n) is 2.61. The van der Waals surface area contributed by atoms with Crippen molar-refractivity contribution in [2.24, 2.45) is 0 Å². The Hall–Kier alpha value is -0.620. The maximum Gasteiger partial charge on any atom is 0.330 e. The first kappa shape index (κ1) is 11.5. The van der Waals surface area contributed by atoms with Crippen LogP contribution in [0.4, 0.5) is 17.6 Å². The molecule has 1 aromatic rings. The highest BCUT2D eigenvalue weighted by Crippen LogP contribution is 2.37. The molecule has 0 aliphatic carbocycles. The van der Waals surface area contributed by atoms with Crippen LogP contribution in [0.15, 0.2) is 18.2 Å². The number of benzene rings is 1. The van der Waals surface area contributed by atoms with Gasteiger partial charge in [0, 0.05) is 5.56 Å². The molecule has 0 aromatic heterocycles. The van der Waals surface area contributed by atoms with Crippen LogP contribution in [0.2, 0.25) is 0 Å². The predicted octanol–water partition coefficient (Wildman–Crippen LogP) is 2.99. The van der Waals surface area contributed by atoms with Crippen molar-refractivity contribution >= 4 is 15.9 Å². The molecule has 0 radical (unpaired) electrons. The largest absolute Gasteiger partial charge is 0.381 e. The zero-order valence-electron chi connectivity index (χ0n) is 6.65. The maximum absolute atomic E-state index is 12.9. The first-order valence-electron chi connectivity index (χ1n) is 3.52. The van der Waals surface area contributed by atoms with Crippen molar-refractivity contribution < 1.29 is 22.7 Å². The second kappa shape index (κ2) is 3.86. The van der Waals surface area contributed by atoms with Crippen LogP contribution >= 0.6 is 15.9 Å². The van der Waals surface area contributed by atoms with Crippen LogP contribution in [-0.4, -0.2) is 9.94 Å². The molecular weight excluding hydrogens is 268 g/mol. The number of halogens is 5. The van der Waals surface area contributed by atoms with E-state index in [1.165, 1.54) is 0 Å². The molecule has 0 saturated carbocycles. The molecule has 0 fully saturated rings. The molecule has 0 amide bonds. The first-order valence-corrected chi connectivity index (χ1v) is 4.31. The molecule has 0 aliphatic rings. The molecule has 1 rings (SSSR count). The van der Waals surface area contributed by atoms with Crippen molar-refractivity contribution in [3.8, 4) is 0 Å². The summed E-state index contributed by atoms with van der Waals surface area (Å²) in [6, 6.07) is 1.97. The zero-order valence-corrected chi connectivity index (χ0v) is 8.23. The van der Waals surface area contributed by atoms with Crippen molar-refractivity contribution in [2.45, 2.75) is 10.9 Å². The molecule has 0 spiro atoms. The summed E-state index contributed by atoms with van der Waals surface area (Å²) >= 11 is 1.87. The monoisotopic (exact) mass is 272 g/mol. The normalized spacial score (nSPS) is 14.1. The van der Waals surface area contributed by atoms with E-state index in [1.54, 1.807) is 0 Å². The molecule has 1 aromatic carbocycles. The van der Waals surface area contributed by atoms with Gasteiger partial charge in [-0.3, -0.25) is 0 Å². The quantitative estimate of drug-likeness (QED) is 0.648. The Morgan fingerprint density at radius 1 is 1.29 bits per heavy atom. The number of alkyl halides is 3. The Labute approximate surface area is 85.5 Å². The van der Waals surface area contributed by atoms with E-state index in [-0.39, 0.29) is 0 Å². The topological polar surface area (TPSA) is 20.2 Å². The third kappa shape index (κ3) is 2.45. The van der Waals surface area contributed by atoms with Crippen molar-refractivity contribution in [2.75, 3.05) is 0 Å². The number of hydrogen-bond donors (Lipinski definition) is 1. The summed E-state index contributed by atoms with van der Waals surface area (Å²) in [5.74, 6) is -1.98. The Morgan fingerprint density at radius 2 is 1.86 bits per heavy atom. The summed E-state index contributed by atoms with van der Waals surface area (Å²) in [4.78, 5) is -3.69. The molecule has 1 N–H and O–H groups in total. The predicted molar refractivity (Wildman–Crippen MR) is 45.2 cm³/mol. The molecule has 0 aliphatic heterocycles. The minimum Gasteiger partial charge on any atom is -0.381 e. The molecule has 0 saturated heterocycles. The Balaban J connectivity index is 3.12. The summed E-state index contributed by atoms with van der Waals surface area (Å²) in [5.41, 5.74) is -0.785. The molecule has 0 bridgehead atoms. The number of aliphatic hydroxyl groups is 1. The van der Waals surface area contributed by atoms with Crippen molar-refractivity contribution in [3.05, 3.63) is 35.4 Å². The fraction of sp³-hybridized carbons (Fsp3) is 0.250. The lowest BCUT2D eigenvalue weighted by atomic mass is 10.1. The minimum atomic E-state index is -3.69. The van der Waals surface area contributed by atoms with Gasteiger partial charge in [0.2, 0.25) is 0 Å². The van der Waals surface area contributed by atoms with Crippen molar-refractivity contribution in [3.63, 3.8) is 0 Å². The Kier molecular flexibility index (Phi) is 3.16. The van der Waals surface area contributed by atoms with E-state index in [9.17, 15) is 17.6 Å². The van der Waals surface area contributed by atoms with Crippen molar-refractivity contribution in [1.82, 2.24) is 0 Å². The lowest BCUT2D eigenvalue weighted by molar-refractivity contribution is -0.0313. The van der Waals surface area contributed by atoms with Crippen LogP contribution in [0.3, 0.4) is 0 Å². The molecule has 1 unspecified atom stereocenters.